The van der Waals surface area contributed by atoms with Crippen LogP contribution in [0.3, 0.4) is 0 Å². The van der Waals surface area contributed by atoms with Gasteiger partial charge in [0.05, 0.1) is 5.69 Å². The quantitative estimate of drug-likeness (QED) is 0.787. The second-order valence-electron chi connectivity index (χ2n) is 3.69. The Morgan fingerprint density at radius 2 is 2.20 bits per heavy atom. The minimum absolute atomic E-state index is 0.0796. The van der Waals surface area contributed by atoms with Crippen molar-refractivity contribution < 1.29 is 9.90 Å². The van der Waals surface area contributed by atoms with Gasteiger partial charge in [-0.15, -0.1) is 0 Å². The molecule has 0 spiro atoms. The molecule has 15 heavy (non-hydrogen) atoms. The Hall–Kier alpha value is -1.42. The first-order valence-electron chi connectivity index (χ1n) is 4.92. The normalized spacial score (nSPS) is 12.5. The number of hydrogen-bond donors (Lipinski definition) is 2. The molecule has 1 aromatic rings. The van der Waals surface area contributed by atoms with Crippen molar-refractivity contribution in [3.63, 3.8) is 0 Å². The largest absolute Gasteiger partial charge is 0.481 e. The summed E-state index contributed by atoms with van der Waals surface area (Å²) in [7, 11) is 0. The molecular weight excluding hydrogens is 192 g/mol. The maximum Gasteiger partial charge on any atom is 0.303 e. The Morgan fingerprint density at radius 1 is 1.53 bits per heavy atom. The van der Waals surface area contributed by atoms with Gasteiger partial charge >= 0.3 is 5.97 Å². The highest BCUT2D eigenvalue weighted by molar-refractivity contribution is 5.66. The zero-order chi connectivity index (χ0) is 11.4. The first-order valence-corrected chi connectivity index (χ1v) is 4.92. The summed E-state index contributed by atoms with van der Waals surface area (Å²) in [5.74, 6) is -0.823. The Balaban J connectivity index is 2.76. The number of aliphatic carboxylic acids is 1. The van der Waals surface area contributed by atoms with Gasteiger partial charge in [-0.1, -0.05) is 6.07 Å². The molecule has 0 radical (unpaired) electrons. The molecule has 1 aromatic heterocycles. The minimum Gasteiger partial charge on any atom is -0.481 e. The Bertz CT molecular complexity index is 364. The van der Waals surface area contributed by atoms with Gasteiger partial charge in [-0.05, 0) is 31.9 Å². The van der Waals surface area contributed by atoms with Crippen molar-refractivity contribution in [1.82, 2.24) is 4.98 Å². The number of rotatable bonds is 4. The third-order valence-electron chi connectivity index (χ3n) is 2.30. The van der Waals surface area contributed by atoms with Gasteiger partial charge < -0.3 is 10.8 Å². The first kappa shape index (κ1) is 11.7. The smallest absolute Gasteiger partial charge is 0.303 e. The Labute approximate surface area is 89.1 Å². The number of aryl methyl sites for hydroxylation is 2. The zero-order valence-electron chi connectivity index (χ0n) is 9.03. The van der Waals surface area contributed by atoms with Crippen LogP contribution < -0.4 is 5.73 Å². The van der Waals surface area contributed by atoms with E-state index in [2.05, 4.69) is 4.98 Å². The molecule has 4 heteroatoms. The van der Waals surface area contributed by atoms with Crippen molar-refractivity contribution in [2.75, 3.05) is 0 Å². The Kier molecular flexibility index (Phi) is 3.80. The van der Waals surface area contributed by atoms with Crippen LogP contribution in [0.1, 0.15) is 35.8 Å². The van der Waals surface area contributed by atoms with Gasteiger partial charge in [0.25, 0.3) is 0 Å². The minimum atomic E-state index is -0.823. The molecule has 0 aliphatic rings. The molecule has 1 atom stereocenters. The van der Waals surface area contributed by atoms with Crippen molar-refractivity contribution in [1.29, 1.82) is 0 Å². The van der Waals surface area contributed by atoms with E-state index in [1.165, 1.54) is 0 Å². The van der Waals surface area contributed by atoms with Crippen LogP contribution in [0.2, 0.25) is 0 Å². The average Bonchev–Trinajstić information content (AvgIpc) is 2.18. The van der Waals surface area contributed by atoms with E-state index in [-0.39, 0.29) is 12.5 Å². The lowest BCUT2D eigenvalue weighted by Crippen LogP contribution is -2.15. The van der Waals surface area contributed by atoms with Crippen molar-refractivity contribution in [3.05, 3.63) is 29.1 Å². The average molecular weight is 208 g/mol. The molecule has 0 aliphatic carbocycles. The van der Waals surface area contributed by atoms with Crippen molar-refractivity contribution in [2.45, 2.75) is 32.7 Å². The molecular formula is C11H16N2O2. The zero-order valence-corrected chi connectivity index (χ0v) is 9.03. The molecule has 0 aromatic carbocycles. The second kappa shape index (κ2) is 4.89. The van der Waals surface area contributed by atoms with Crippen molar-refractivity contribution in [3.8, 4) is 0 Å². The van der Waals surface area contributed by atoms with Crippen LogP contribution in [0.4, 0.5) is 0 Å². The molecule has 0 aliphatic heterocycles. The van der Waals surface area contributed by atoms with Gasteiger partial charge in [0.2, 0.25) is 0 Å². The molecule has 1 heterocycles. The highest BCUT2D eigenvalue weighted by Crippen LogP contribution is 2.17. The summed E-state index contributed by atoms with van der Waals surface area (Å²) >= 11 is 0. The standard InChI is InChI=1S/C11H16N2O2/c1-7-3-4-8(2)13-11(7)9(12)5-6-10(14)15/h3-4,9H,5-6,12H2,1-2H3,(H,14,15). The van der Waals surface area contributed by atoms with Crippen LogP contribution in [0, 0.1) is 13.8 Å². The highest BCUT2D eigenvalue weighted by atomic mass is 16.4. The number of nitrogens with two attached hydrogens (primary N) is 1. The number of nitrogens with zero attached hydrogens (tertiary/aromatic N) is 1. The second-order valence-corrected chi connectivity index (χ2v) is 3.69. The van der Waals surface area contributed by atoms with E-state index in [4.69, 9.17) is 10.8 Å². The number of carboxylic acids is 1. The maximum absolute atomic E-state index is 10.4. The first-order chi connectivity index (χ1) is 7.00. The third kappa shape index (κ3) is 3.32. The molecule has 4 nitrogen and oxygen atoms in total. The maximum atomic E-state index is 10.4. The summed E-state index contributed by atoms with van der Waals surface area (Å²) in [6.07, 6.45) is 0.503. The van der Waals surface area contributed by atoms with E-state index in [0.29, 0.717) is 6.42 Å². The monoisotopic (exact) mass is 208 g/mol. The number of aromatic nitrogens is 1. The summed E-state index contributed by atoms with van der Waals surface area (Å²) < 4.78 is 0. The van der Waals surface area contributed by atoms with E-state index < -0.39 is 5.97 Å². The highest BCUT2D eigenvalue weighted by Gasteiger charge is 2.12. The summed E-state index contributed by atoms with van der Waals surface area (Å²) in [6, 6.07) is 3.59. The molecule has 0 bridgehead atoms. The van der Waals surface area contributed by atoms with E-state index >= 15 is 0 Å². The molecule has 3 N–H and O–H groups in total. The summed E-state index contributed by atoms with van der Waals surface area (Å²) in [5, 5.41) is 8.56. The van der Waals surface area contributed by atoms with Gasteiger partial charge in [-0.3, -0.25) is 9.78 Å². The van der Waals surface area contributed by atoms with Crippen molar-refractivity contribution in [2.24, 2.45) is 5.73 Å². The van der Waals surface area contributed by atoms with Crippen LogP contribution in [0.15, 0.2) is 12.1 Å². The predicted octanol–water partition coefficient (Wildman–Crippen LogP) is 1.56. The lowest BCUT2D eigenvalue weighted by molar-refractivity contribution is -0.137. The topological polar surface area (TPSA) is 76.2 Å². The van der Waals surface area contributed by atoms with Gasteiger partial charge in [-0.25, -0.2) is 0 Å². The van der Waals surface area contributed by atoms with Crippen LogP contribution in [0.25, 0.3) is 0 Å². The number of carboxylic acid groups (broad SMARTS) is 1. The van der Waals surface area contributed by atoms with E-state index in [0.717, 1.165) is 17.0 Å². The van der Waals surface area contributed by atoms with Gasteiger partial charge in [-0.2, -0.15) is 0 Å². The fraction of sp³-hybridized carbons (Fsp3) is 0.455. The fourth-order valence-corrected chi connectivity index (χ4v) is 1.44. The summed E-state index contributed by atoms with van der Waals surface area (Å²) in [6.45, 7) is 3.83. The summed E-state index contributed by atoms with van der Waals surface area (Å²) in [4.78, 5) is 14.7. The van der Waals surface area contributed by atoms with Crippen LogP contribution in [-0.2, 0) is 4.79 Å². The van der Waals surface area contributed by atoms with E-state index in [1.54, 1.807) is 0 Å². The van der Waals surface area contributed by atoms with Gasteiger partial charge in [0.1, 0.15) is 0 Å². The number of hydrogen-bond acceptors (Lipinski definition) is 3. The fourth-order valence-electron chi connectivity index (χ4n) is 1.44. The van der Waals surface area contributed by atoms with E-state index in [9.17, 15) is 4.79 Å². The van der Waals surface area contributed by atoms with Crippen LogP contribution in [-0.4, -0.2) is 16.1 Å². The van der Waals surface area contributed by atoms with E-state index in [1.807, 2.05) is 26.0 Å². The van der Waals surface area contributed by atoms with Crippen LogP contribution >= 0.6 is 0 Å². The molecule has 1 rings (SSSR count). The molecule has 0 saturated heterocycles. The number of pyridine rings is 1. The Morgan fingerprint density at radius 3 is 2.80 bits per heavy atom. The SMILES string of the molecule is Cc1ccc(C)c(C(N)CCC(=O)O)n1. The molecule has 0 amide bonds. The molecule has 1 unspecified atom stereocenters. The van der Waals surface area contributed by atoms with Gasteiger partial charge in [0, 0.05) is 18.2 Å². The summed E-state index contributed by atoms with van der Waals surface area (Å²) in [5.41, 5.74) is 8.61. The predicted molar refractivity (Wildman–Crippen MR) is 57.5 cm³/mol. The lowest BCUT2D eigenvalue weighted by Gasteiger charge is -2.13. The lowest BCUT2D eigenvalue weighted by atomic mass is 10.0. The third-order valence-corrected chi connectivity index (χ3v) is 2.30. The van der Waals surface area contributed by atoms with Crippen molar-refractivity contribution >= 4 is 5.97 Å². The van der Waals surface area contributed by atoms with Crippen LogP contribution in [0.5, 0.6) is 0 Å². The molecule has 0 fully saturated rings. The molecule has 0 saturated carbocycles. The van der Waals surface area contributed by atoms with Gasteiger partial charge in [0.15, 0.2) is 0 Å². The number of carbonyl (C=O) groups is 1. The molecule has 82 valence electrons.